The molecule has 2 heterocycles. The highest BCUT2D eigenvalue weighted by Crippen LogP contribution is 2.30. The lowest BCUT2D eigenvalue weighted by Crippen LogP contribution is -2.52. The summed E-state index contributed by atoms with van der Waals surface area (Å²) < 4.78 is 5.31. The summed E-state index contributed by atoms with van der Waals surface area (Å²) in [5, 5.41) is 6.56. The van der Waals surface area contributed by atoms with E-state index in [1.54, 1.807) is 18.4 Å². The summed E-state index contributed by atoms with van der Waals surface area (Å²) in [6, 6.07) is 2.08. The Balaban J connectivity index is 1.60. The van der Waals surface area contributed by atoms with Gasteiger partial charge in [-0.15, -0.1) is 11.3 Å². The van der Waals surface area contributed by atoms with E-state index in [0.29, 0.717) is 13.2 Å². The zero-order valence-electron chi connectivity index (χ0n) is 12.0. The number of fused-ring (bicyclic) bond motifs is 1. The van der Waals surface area contributed by atoms with Crippen LogP contribution in [-0.4, -0.2) is 38.3 Å². The Morgan fingerprint density at radius 2 is 2.40 bits per heavy atom. The molecule has 1 saturated heterocycles. The number of hydrogen-bond acceptors (Lipinski definition) is 4. The van der Waals surface area contributed by atoms with Gasteiger partial charge in [0.2, 0.25) is 0 Å². The molecule has 1 atom stereocenters. The first-order valence-corrected chi connectivity index (χ1v) is 8.18. The molecule has 0 saturated carbocycles. The highest BCUT2D eigenvalue weighted by molar-refractivity contribution is 7.14. The number of aryl methyl sites for hydroxylation is 2. The maximum atomic E-state index is 12.3. The fraction of sp³-hybridized carbons (Fsp3) is 0.667. The van der Waals surface area contributed by atoms with E-state index < -0.39 is 0 Å². The minimum Gasteiger partial charge on any atom is -0.383 e. The standard InChI is InChI=1S/C15H22N2O2S/c1-19-10-15(6-3-7-17-15)9-16-14(18)13-8-11-4-2-5-12(11)20-13/h8,17H,2-7,9-10H2,1H3,(H,16,18). The molecule has 0 bridgehead atoms. The van der Waals surface area contributed by atoms with Crippen molar-refractivity contribution in [1.29, 1.82) is 0 Å². The van der Waals surface area contributed by atoms with E-state index in [-0.39, 0.29) is 11.4 Å². The minimum absolute atomic E-state index is 0.0635. The maximum absolute atomic E-state index is 12.3. The van der Waals surface area contributed by atoms with Gasteiger partial charge in [0.1, 0.15) is 0 Å². The van der Waals surface area contributed by atoms with Gasteiger partial charge in [0.25, 0.3) is 5.91 Å². The van der Waals surface area contributed by atoms with Crippen LogP contribution in [0.25, 0.3) is 0 Å². The van der Waals surface area contributed by atoms with Crippen LogP contribution < -0.4 is 10.6 Å². The summed E-state index contributed by atoms with van der Waals surface area (Å²) in [6.45, 7) is 2.29. The monoisotopic (exact) mass is 294 g/mol. The molecule has 110 valence electrons. The Morgan fingerprint density at radius 3 is 3.10 bits per heavy atom. The molecular weight excluding hydrogens is 272 g/mol. The number of nitrogens with one attached hydrogen (secondary N) is 2. The number of ether oxygens (including phenoxy) is 1. The predicted molar refractivity (Wildman–Crippen MR) is 80.5 cm³/mol. The second kappa shape index (κ2) is 5.84. The van der Waals surface area contributed by atoms with E-state index in [1.807, 2.05) is 0 Å². The molecule has 1 unspecified atom stereocenters. The summed E-state index contributed by atoms with van der Waals surface area (Å²) in [4.78, 5) is 14.5. The summed E-state index contributed by atoms with van der Waals surface area (Å²) in [7, 11) is 1.72. The molecule has 1 aromatic rings. The van der Waals surface area contributed by atoms with E-state index in [1.165, 1.54) is 16.9 Å². The van der Waals surface area contributed by atoms with Crippen LogP contribution in [0.4, 0.5) is 0 Å². The summed E-state index contributed by atoms with van der Waals surface area (Å²) in [5.41, 5.74) is 1.30. The van der Waals surface area contributed by atoms with Gasteiger partial charge in [-0.3, -0.25) is 4.79 Å². The molecule has 20 heavy (non-hydrogen) atoms. The maximum Gasteiger partial charge on any atom is 0.261 e. The lowest BCUT2D eigenvalue weighted by Gasteiger charge is -2.28. The lowest BCUT2D eigenvalue weighted by atomic mass is 9.98. The van der Waals surface area contributed by atoms with Gasteiger partial charge in [-0.1, -0.05) is 0 Å². The average Bonchev–Trinajstić information content (AvgIpc) is 3.11. The van der Waals surface area contributed by atoms with Crippen LogP contribution in [0, 0.1) is 0 Å². The number of rotatable bonds is 5. The van der Waals surface area contributed by atoms with Crippen LogP contribution in [0.2, 0.25) is 0 Å². The fourth-order valence-corrected chi connectivity index (χ4v) is 4.42. The molecule has 1 amide bonds. The molecule has 3 rings (SSSR count). The van der Waals surface area contributed by atoms with Crippen molar-refractivity contribution < 1.29 is 9.53 Å². The van der Waals surface area contributed by atoms with Crippen molar-refractivity contribution in [2.24, 2.45) is 0 Å². The van der Waals surface area contributed by atoms with Crippen LogP contribution >= 0.6 is 11.3 Å². The molecule has 1 aliphatic heterocycles. The zero-order chi connectivity index (χ0) is 14.0. The third-order valence-electron chi connectivity index (χ3n) is 4.31. The third kappa shape index (κ3) is 2.75. The largest absolute Gasteiger partial charge is 0.383 e. The second-order valence-corrected chi connectivity index (χ2v) is 6.98. The molecule has 5 heteroatoms. The van der Waals surface area contributed by atoms with E-state index in [2.05, 4.69) is 16.7 Å². The van der Waals surface area contributed by atoms with Crippen LogP contribution in [-0.2, 0) is 17.6 Å². The normalized spacial score (nSPS) is 24.9. The zero-order valence-corrected chi connectivity index (χ0v) is 12.8. The van der Waals surface area contributed by atoms with Gasteiger partial charge >= 0.3 is 0 Å². The van der Waals surface area contributed by atoms with Crippen LogP contribution in [0.15, 0.2) is 6.07 Å². The van der Waals surface area contributed by atoms with Crippen LogP contribution in [0.3, 0.4) is 0 Å². The van der Waals surface area contributed by atoms with Crippen molar-refractivity contribution in [2.45, 2.75) is 37.6 Å². The van der Waals surface area contributed by atoms with Crippen molar-refractivity contribution in [1.82, 2.24) is 10.6 Å². The molecule has 2 aliphatic rings. The molecule has 0 spiro atoms. The Bertz CT molecular complexity index is 471. The van der Waals surface area contributed by atoms with Gasteiger partial charge in [-0.2, -0.15) is 0 Å². The Hall–Kier alpha value is -0.910. The van der Waals surface area contributed by atoms with Crippen molar-refractivity contribution in [3.63, 3.8) is 0 Å². The number of amides is 1. The first-order valence-electron chi connectivity index (χ1n) is 7.36. The van der Waals surface area contributed by atoms with Crippen LogP contribution in [0.1, 0.15) is 39.4 Å². The lowest BCUT2D eigenvalue weighted by molar-refractivity contribution is 0.0896. The minimum atomic E-state index is -0.0790. The summed E-state index contributed by atoms with van der Waals surface area (Å²) in [6.07, 6.45) is 5.72. The van der Waals surface area contributed by atoms with E-state index in [4.69, 9.17) is 4.74 Å². The van der Waals surface area contributed by atoms with Gasteiger partial charge in [0.15, 0.2) is 0 Å². The number of thiophene rings is 1. The van der Waals surface area contributed by atoms with Gasteiger partial charge in [-0.05, 0) is 50.3 Å². The molecule has 2 N–H and O–H groups in total. The Morgan fingerprint density at radius 1 is 1.50 bits per heavy atom. The van der Waals surface area contributed by atoms with E-state index >= 15 is 0 Å². The summed E-state index contributed by atoms with van der Waals surface area (Å²) in [5.74, 6) is 0.0635. The van der Waals surface area contributed by atoms with Crippen molar-refractivity contribution in [2.75, 3.05) is 26.8 Å². The topological polar surface area (TPSA) is 50.4 Å². The average molecular weight is 294 g/mol. The smallest absolute Gasteiger partial charge is 0.261 e. The third-order valence-corrected chi connectivity index (χ3v) is 5.55. The highest BCUT2D eigenvalue weighted by Gasteiger charge is 2.34. The molecule has 0 radical (unpaired) electrons. The SMILES string of the molecule is COCC1(CNC(=O)c2cc3c(s2)CCC3)CCCN1. The molecule has 0 aromatic carbocycles. The molecule has 4 nitrogen and oxygen atoms in total. The fourth-order valence-electron chi connectivity index (χ4n) is 3.25. The predicted octanol–water partition coefficient (Wildman–Crippen LogP) is 1.74. The quantitative estimate of drug-likeness (QED) is 0.869. The molecule has 1 aromatic heterocycles. The Labute approximate surface area is 123 Å². The van der Waals surface area contributed by atoms with Gasteiger partial charge in [0.05, 0.1) is 17.0 Å². The number of hydrogen-bond donors (Lipinski definition) is 2. The number of carbonyl (C=O) groups excluding carboxylic acids is 1. The first kappa shape index (κ1) is 14.0. The van der Waals surface area contributed by atoms with Crippen molar-refractivity contribution in [3.8, 4) is 0 Å². The molecule has 1 aliphatic carbocycles. The van der Waals surface area contributed by atoms with Crippen molar-refractivity contribution in [3.05, 3.63) is 21.4 Å². The van der Waals surface area contributed by atoms with Gasteiger partial charge in [-0.25, -0.2) is 0 Å². The molecule has 1 fully saturated rings. The van der Waals surface area contributed by atoms with Crippen molar-refractivity contribution >= 4 is 17.2 Å². The highest BCUT2D eigenvalue weighted by atomic mass is 32.1. The summed E-state index contributed by atoms with van der Waals surface area (Å²) >= 11 is 1.66. The van der Waals surface area contributed by atoms with E-state index in [9.17, 15) is 4.79 Å². The number of methoxy groups -OCH3 is 1. The number of carbonyl (C=O) groups is 1. The second-order valence-electron chi connectivity index (χ2n) is 5.84. The molecular formula is C15H22N2O2S. The Kier molecular flexibility index (Phi) is 4.10. The first-order chi connectivity index (χ1) is 9.72. The van der Waals surface area contributed by atoms with Crippen LogP contribution in [0.5, 0.6) is 0 Å². The van der Waals surface area contributed by atoms with Gasteiger partial charge < -0.3 is 15.4 Å². The van der Waals surface area contributed by atoms with E-state index in [0.717, 1.165) is 37.1 Å². The van der Waals surface area contributed by atoms with Gasteiger partial charge in [0, 0.05) is 18.5 Å².